The maximum atomic E-state index is 13.6. The molecule has 2 N–H and O–H groups in total. The Kier molecular flexibility index (Phi) is 4.11. The van der Waals surface area contributed by atoms with Crippen LogP contribution in [0.3, 0.4) is 0 Å². The van der Waals surface area contributed by atoms with E-state index in [-0.39, 0.29) is 12.6 Å². The quantitative estimate of drug-likeness (QED) is 0.893. The molecule has 0 bridgehead atoms. The van der Waals surface area contributed by atoms with Gasteiger partial charge in [-0.1, -0.05) is 6.07 Å². The molecule has 6 heteroatoms. The number of primary amides is 1. The smallest absolute Gasteiger partial charge is 0.237 e. The van der Waals surface area contributed by atoms with E-state index < -0.39 is 23.6 Å². The second-order valence-electron chi connectivity index (χ2n) is 4.63. The maximum absolute atomic E-state index is 13.6. The first-order valence-electron chi connectivity index (χ1n) is 6.08. The lowest BCUT2D eigenvalue weighted by molar-refractivity contribution is -0.136. The van der Waals surface area contributed by atoms with Gasteiger partial charge in [0, 0.05) is 24.7 Å². The molecule has 2 rings (SSSR count). The molecule has 4 nitrogen and oxygen atoms in total. The molecular weight excluding hydrogens is 254 g/mol. The molecule has 0 aromatic heterocycles. The van der Waals surface area contributed by atoms with Gasteiger partial charge in [-0.2, -0.15) is 0 Å². The molecule has 1 saturated heterocycles. The van der Waals surface area contributed by atoms with E-state index in [0.717, 1.165) is 6.07 Å². The van der Waals surface area contributed by atoms with Crippen LogP contribution in [0.5, 0.6) is 0 Å². The summed E-state index contributed by atoms with van der Waals surface area (Å²) in [5, 5.41) is 0. The van der Waals surface area contributed by atoms with Crippen LogP contribution >= 0.6 is 0 Å². The highest BCUT2D eigenvalue weighted by Crippen LogP contribution is 2.19. The highest BCUT2D eigenvalue weighted by Gasteiger charge is 2.33. The Bertz CT molecular complexity index is 482. The number of nitrogens with zero attached hydrogens (tertiary/aromatic N) is 1. The third-order valence-corrected chi connectivity index (χ3v) is 3.28. The molecule has 1 aliphatic heterocycles. The lowest BCUT2D eigenvalue weighted by Gasteiger charge is -2.37. The van der Waals surface area contributed by atoms with Crippen molar-refractivity contribution in [1.82, 2.24) is 4.90 Å². The van der Waals surface area contributed by atoms with Gasteiger partial charge in [0.25, 0.3) is 0 Å². The van der Waals surface area contributed by atoms with E-state index in [1.165, 1.54) is 12.1 Å². The van der Waals surface area contributed by atoms with Crippen LogP contribution in [0, 0.1) is 11.6 Å². The molecule has 0 spiro atoms. The summed E-state index contributed by atoms with van der Waals surface area (Å²) < 4.78 is 31.8. The summed E-state index contributed by atoms with van der Waals surface area (Å²) in [6, 6.07) is 2.81. The second kappa shape index (κ2) is 5.63. The van der Waals surface area contributed by atoms with E-state index in [2.05, 4.69) is 0 Å². The summed E-state index contributed by atoms with van der Waals surface area (Å²) in [6.45, 7) is 2.89. The summed E-state index contributed by atoms with van der Waals surface area (Å²) in [5.41, 5.74) is 5.68. The van der Waals surface area contributed by atoms with Gasteiger partial charge in [-0.15, -0.1) is 0 Å². The largest absolute Gasteiger partial charge is 0.375 e. The molecule has 1 aromatic rings. The Labute approximate surface area is 110 Å². The van der Waals surface area contributed by atoms with Gasteiger partial charge in [0.2, 0.25) is 5.91 Å². The summed E-state index contributed by atoms with van der Waals surface area (Å²) in [4.78, 5) is 13.2. The molecule has 1 amide bonds. The van der Waals surface area contributed by atoms with Crippen LogP contribution in [0.25, 0.3) is 0 Å². The van der Waals surface area contributed by atoms with Crippen molar-refractivity contribution in [3.8, 4) is 0 Å². The number of ether oxygens (including phenoxy) is 1. The highest BCUT2D eigenvalue weighted by molar-refractivity contribution is 5.80. The molecule has 0 radical (unpaired) electrons. The Balaban J connectivity index is 2.18. The number of rotatable bonds is 3. The van der Waals surface area contributed by atoms with Crippen molar-refractivity contribution in [3.05, 3.63) is 35.4 Å². The van der Waals surface area contributed by atoms with Gasteiger partial charge in [0.05, 0.1) is 12.7 Å². The van der Waals surface area contributed by atoms with Crippen LogP contribution in [0.2, 0.25) is 0 Å². The van der Waals surface area contributed by atoms with Crippen molar-refractivity contribution < 1.29 is 18.3 Å². The van der Waals surface area contributed by atoms with E-state index in [1.54, 1.807) is 11.8 Å². The number of carbonyl (C=O) groups excluding carboxylic acids is 1. The number of amides is 1. The average molecular weight is 270 g/mol. The molecule has 2 atom stereocenters. The first-order valence-corrected chi connectivity index (χ1v) is 6.08. The molecule has 1 aliphatic rings. The minimum Gasteiger partial charge on any atom is -0.375 e. The second-order valence-corrected chi connectivity index (χ2v) is 4.63. The van der Waals surface area contributed by atoms with Crippen molar-refractivity contribution >= 4 is 5.91 Å². The normalized spacial score (nSPS) is 24.4. The zero-order valence-electron chi connectivity index (χ0n) is 10.6. The summed E-state index contributed by atoms with van der Waals surface area (Å²) >= 11 is 0. The Hall–Kier alpha value is -1.53. The van der Waals surface area contributed by atoms with Gasteiger partial charge in [0.15, 0.2) is 0 Å². The Morgan fingerprint density at radius 1 is 1.53 bits per heavy atom. The minimum absolute atomic E-state index is 0.202. The zero-order valence-corrected chi connectivity index (χ0v) is 10.6. The van der Waals surface area contributed by atoms with E-state index in [0.29, 0.717) is 18.7 Å². The third kappa shape index (κ3) is 3.08. The fourth-order valence-electron chi connectivity index (χ4n) is 2.34. The highest BCUT2D eigenvalue weighted by atomic mass is 19.1. The molecule has 1 aromatic carbocycles. The first kappa shape index (κ1) is 13.9. The van der Waals surface area contributed by atoms with Gasteiger partial charge in [-0.25, -0.2) is 8.78 Å². The number of hydrogen-bond acceptors (Lipinski definition) is 3. The van der Waals surface area contributed by atoms with E-state index in [9.17, 15) is 13.6 Å². The standard InChI is InChI=1S/C13H16F2N2O2/c1-8-12(13(16)18)17(4-5-19-8)7-9-2-3-10(14)6-11(9)15/h2-3,6,8,12H,4-5,7H2,1H3,(H2,16,18)/t8-,12+/m1/s1. The van der Waals surface area contributed by atoms with Crippen molar-refractivity contribution in [2.45, 2.75) is 25.6 Å². The number of nitrogens with two attached hydrogens (primary N) is 1. The maximum Gasteiger partial charge on any atom is 0.237 e. The fraction of sp³-hybridized carbons (Fsp3) is 0.462. The molecule has 1 heterocycles. The van der Waals surface area contributed by atoms with Crippen molar-refractivity contribution in [2.24, 2.45) is 5.73 Å². The van der Waals surface area contributed by atoms with Crippen LogP contribution in [0.4, 0.5) is 8.78 Å². The number of carbonyl (C=O) groups is 1. The SMILES string of the molecule is C[C@H]1OCCN(Cc2ccc(F)cc2F)[C@@H]1C(N)=O. The number of benzene rings is 1. The fourth-order valence-corrected chi connectivity index (χ4v) is 2.34. The van der Waals surface area contributed by atoms with Gasteiger partial charge in [-0.3, -0.25) is 9.69 Å². The first-order chi connectivity index (χ1) is 8.99. The van der Waals surface area contributed by atoms with Gasteiger partial charge in [0.1, 0.15) is 17.7 Å². The van der Waals surface area contributed by atoms with Crippen molar-refractivity contribution in [2.75, 3.05) is 13.2 Å². The lowest BCUT2D eigenvalue weighted by atomic mass is 10.1. The van der Waals surface area contributed by atoms with Gasteiger partial charge >= 0.3 is 0 Å². The summed E-state index contributed by atoms with van der Waals surface area (Å²) in [5.74, 6) is -1.75. The topological polar surface area (TPSA) is 55.6 Å². The monoisotopic (exact) mass is 270 g/mol. The number of hydrogen-bond donors (Lipinski definition) is 1. The van der Waals surface area contributed by atoms with Crippen molar-refractivity contribution in [3.63, 3.8) is 0 Å². The lowest BCUT2D eigenvalue weighted by Crippen LogP contribution is -2.56. The minimum atomic E-state index is -0.623. The van der Waals surface area contributed by atoms with Crippen LogP contribution in [-0.4, -0.2) is 36.1 Å². The zero-order chi connectivity index (χ0) is 14.0. The molecule has 0 unspecified atom stereocenters. The van der Waals surface area contributed by atoms with Crippen LogP contribution in [-0.2, 0) is 16.1 Å². The van der Waals surface area contributed by atoms with E-state index >= 15 is 0 Å². The van der Waals surface area contributed by atoms with E-state index in [1.807, 2.05) is 0 Å². The van der Waals surface area contributed by atoms with Crippen molar-refractivity contribution in [1.29, 1.82) is 0 Å². The average Bonchev–Trinajstić information content (AvgIpc) is 2.32. The molecule has 0 aliphatic carbocycles. The molecule has 0 saturated carbocycles. The molecule has 1 fully saturated rings. The predicted octanol–water partition coefficient (Wildman–Crippen LogP) is 1.04. The molecule has 19 heavy (non-hydrogen) atoms. The molecular formula is C13H16F2N2O2. The van der Waals surface area contributed by atoms with Crippen LogP contribution in [0.1, 0.15) is 12.5 Å². The van der Waals surface area contributed by atoms with Gasteiger partial charge in [-0.05, 0) is 13.0 Å². The van der Waals surface area contributed by atoms with Crippen LogP contribution in [0.15, 0.2) is 18.2 Å². The Morgan fingerprint density at radius 3 is 2.89 bits per heavy atom. The predicted molar refractivity (Wildman–Crippen MR) is 65.2 cm³/mol. The third-order valence-electron chi connectivity index (χ3n) is 3.28. The van der Waals surface area contributed by atoms with Crippen LogP contribution < -0.4 is 5.73 Å². The van der Waals surface area contributed by atoms with Gasteiger partial charge < -0.3 is 10.5 Å². The summed E-state index contributed by atoms with van der Waals surface area (Å²) in [6.07, 6.45) is -0.338. The summed E-state index contributed by atoms with van der Waals surface area (Å²) in [7, 11) is 0. The number of halogens is 2. The number of morpholine rings is 1. The van der Waals surface area contributed by atoms with E-state index in [4.69, 9.17) is 10.5 Å². The molecule has 104 valence electrons. The Morgan fingerprint density at radius 2 is 2.26 bits per heavy atom.